The van der Waals surface area contributed by atoms with E-state index in [4.69, 9.17) is 9.72 Å². The Bertz CT molecular complexity index is 952. The third kappa shape index (κ3) is 4.38. The fourth-order valence-corrected chi connectivity index (χ4v) is 6.44. The van der Waals surface area contributed by atoms with Crippen molar-refractivity contribution in [1.82, 2.24) is 9.88 Å². The van der Waals surface area contributed by atoms with E-state index < -0.39 is 17.1 Å². The van der Waals surface area contributed by atoms with Gasteiger partial charge in [0.05, 0.1) is 19.1 Å². The number of rotatable bonds is 4. The van der Waals surface area contributed by atoms with Gasteiger partial charge in [0.1, 0.15) is 5.60 Å². The number of carbonyl (C=O) groups is 3. The molecule has 180 valence electrons. The van der Waals surface area contributed by atoms with Crippen LogP contribution in [0.3, 0.4) is 0 Å². The van der Waals surface area contributed by atoms with E-state index in [1.54, 1.807) is 6.20 Å². The number of likely N-dealkylation sites (tertiary alicyclic amines) is 1. The Balaban J connectivity index is 1.77. The molecular formula is C26H36N2O5. The largest absolute Gasteiger partial charge is 0.469 e. The van der Waals surface area contributed by atoms with E-state index in [1.165, 1.54) is 7.11 Å². The Labute approximate surface area is 196 Å². The summed E-state index contributed by atoms with van der Waals surface area (Å²) in [4.78, 5) is 44.6. The fourth-order valence-electron chi connectivity index (χ4n) is 6.44. The van der Waals surface area contributed by atoms with E-state index in [9.17, 15) is 14.4 Å². The number of hydrogen-bond donors (Lipinski definition) is 0. The molecule has 0 radical (unpaired) electrons. The van der Waals surface area contributed by atoms with Crippen LogP contribution >= 0.6 is 0 Å². The Morgan fingerprint density at radius 3 is 2.70 bits per heavy atom. The Hall–Kier alpha value is -2.44. The van der Waals surface area contributed by atoms with Crippen LogP contribution < -0.4 is 0 Å². The topological polar surface area (TPSA) is 85.8 Å². The van der Waals surface area contributed by atoms with Crippen molar-refractivity contribution in [3.63, 3.8) is 0 Å². The van der Waals surface area contributed by atoms with E-state index in [0.29, 0.717) is 29.9 Å². The summed E-state index contributed by atoms with van der Waals surface area (Å²) < 4.78 is 10.5. The van der Waals surface area contributed by atoms with Crippen LogP contribution in [0.5, 0.6) is 0 Å². The van der Waals surface area contributed by atoms with Crippen LogP contribution in [0.15, 0.2) is 12.3 Å². The highest BCUT2D eigenvalue weighted by molar-refractivity contribution is 5.97. The first kappa shape index (κ1) is 23.7. The van der Waals surface area contributed by atoms with Gasteiger partial charge in [0.15, 0.2) is 5.78 Å². The normalized spacial score (nSPS) is 28.4. The number of ether oxygens (including phenoxy) is 2. The number of amides is 1. The van der Waals surface area contributed by atoms with E-state index in [2.05, 4.69) is 11.7 Å². The Morgan fingerprint density at radius 2 is 2.00 bits per heavy atom. The molecule has 4 atom stereocenters. The van der Waals surface area contributed by atoms with Crippen LogP contribution in [-0.2, 0) is 26.2 Å². The lowest BCUT2D eigenvalue weighted by atomic mass is 9.53. The smallest absolute Gasteiger partial charge is 0.411 e. The zero-order chi connectivity index (χ0) is 24.0. The van der Waals surface area contributed by atoms with Crippen LogP contribution in [0, 0.1) is 17.8 Å². The molecule has 1 amide bonds. The standard InChI is InChI=1S/C26H36N2O5/c1-16-11-17-13-21-20(12-18(15-27-21)22(29)8-9-23(30)32-5)26(14-16)19(17)7-6-10-28(26)24(31)33-25(2,3)4/h12,15-17,19H,6-11,13-14H2,1-5H3/t16-,17+,19-,26-/m1/s1. The van der Waals surface area contributed by atoms with Gasteiger partial charge in [-0.2, -0.15) is 0 Å². The quantitative estimate of drug-likeness (QED) is 0.484. The first-order valence-electron chi connectivity index (χ1n) is 12.1. The summed E-state index contributed by atoms with van der Waals surface area (Å²) in [6.45, 7) is 8.59. The summed E-state index contributed by atoms with van der Waals surface area (Å²) in [7, 11) is 1.32. The zero-order valence-electron chi connectivity index (χ0n) is 20.5. The van der Waals surface area contributed by atoms with Crippen molar-refractivity contribution in [1.29, 1.82) is 0 Å². The van der Waals surface area contributed by atoms with Gasteiger partial charge in [-0.1, -0.05) is 6.92 Å². The molecule has 1 saturated carbocycles. The summed E-state index contributed by atoms with van der Waals surface area (Å²) in [6, 6.07) is 1.95. The lowest BCUT2D eigenvalue weighted by Gasteiger charge is -2.61. The molecule has 2 aliphatic carbocycles. The van der Waals surface area contributed by atoms with Gasteiger partial charge in [-0.3, -0.25) is 19.5 Å². The van der Waals surface area contributed by atoms with Crippen LogP contribution in [0.25, 0.3) is 0 Å². The molecule has 1 aromatic heterocycles. The van der Waals surface area contributed by atoms with E-state index in [1.807, 2.05) is 31.7 Å². The minimum Gasteiger partial charge on any atom is -0.469 e. The number of nitrogens with zero attached hydrogens (tertiary/aromatic N) is 2. The molecule has 0 N–H and O–H groups in total. The second-order valence-corrected chi connectivity index (χ2v) is 11.0. The van der Waals surface area contributed by atoms with Gasteiger partial charge in [-0.25, -0.2) is 4.79 Å². The van der Waals surface area contributed by atoms with Crippen molar-refractivity contribution in [2.45, 2.75) is 83.8 Å². The molecule has 4 rings (SSSR count). The zero-order valence-corrected chi connectivity index (χ0v) is 20.5. The molecule has 1 aliphatic heterocycles. The van der Waals surface area contributed by atoms with E-state index in [-0.39, 0.29) is 24.7 Å². The van der Waals surface area contributed by atoms with E-state index >= 15 is 0 Å². The average molecular weight is 457 g/mol. The predicted octanol–water partition coefficient (Wildman–Crippen LogP) is 4.66. The molecule has 1 saturated heterocycles. The highest BCUT2D eigenvalue weighted by Gasteiger charge is 2.59. The molecule has 2 fully saturated rings. The van der Waals surface area contributed by atoms with Gasteiger partial charge >= 0.3 is 12.1 Å². The van der Waals surface area contributed by atoms with Crippen molar-refractivity contribution in [2.24, 2.45) is 17.8 Å². The van der Waals surface area contributed by atoms with Gasteiger partial charge in [-0.15, -0.1) is 0 Å². The summed E-state index contributed by atoms with van der Waals surface area (Å²) in [6.07, 6.45) is 6.36. The molecule has 0 spiro atoms. The SMILES string of the molecule is COC(=O)CCC(=O)c1cnc2c(c1)[C@@]13C[C@H](C)C[C@@H](C2)[C@H]1CCCN3C(=O)OC(C)(C)C. The molecule has 0 aromatic carbocycles. The van der Waals surface area contributed by atoms with Gasteiger partial charge in [0.25, 0.3) is 0 Å². The third-order valence-corrected chi connectivity index (χ3v) is 7.54. The number of esters is 1. The lowest BCUT2D eigenvalue weighted by Crippen LogP contribution is -2.64. The number of aromatic nitrogens is 1. The Morgan fingerprint density at radius 1 is 1.24 bits per heavy atom. The maximum absolute atomic E-state index is 13.5. The minimum absolute atomic E-state index is 0.0450. The highest BCUT2D eigenvalue weighted by Crippen LogP contribution is 2.59. The van der Waals surface area contributed by atoms with E-state index in [0.717, 1.165) is 43.4 Å². The maximum Gasteiger partial charge on any atom is 0.411 e. The number of Topliss-reactive ketones (excluding diaryl/α,β-unsaturated/α-hetero) is 1. The number of carbonyl (C=O) groups excluding carboxylic acids is 3. The van der Waals surface area contributed by atoms with Gasteiger partial charge in [-0.05, 0) is 76.7 Å². The number of pyridine rings is 1. The van der Waals surface area contributed by atoms with Crippen molar-refractivity contribution in [3.05, 3.63) is 29.1 Å². The van der Waals surface area contributed by atoms with Crippen LogP contribution in [0.4, 0.5) is 4.79 Å². The molecule has 1 aromatic rings. The predicted molar refractivity (Wildman–Crippen MR) is 123 cm³/mol. The number of piperidine rings is 1. The number of ketones is 1. The highest BCUT2D eigenvalue weighted by atomic mass is 16.6. The third-order valence-electron chi connectivity index (χ3n) is 7.54. The van der Waals surface area contributed by atoms with Crippen molar-refractivity contribution in [3.8, 4) is 0 Å². The van der Waals surface area contributed by atoms with Gasteiger partial charge < -0.3 is 9.47 Å². The molecule has 0 unspecified atom stereocenters. The first-order valence-corrected chi connectivity index (χ1v) is 12.1. The molecule has 7 nitrogen and oxygen atoms in total. The summed E-state index contributed by atoms with van der Waals surface area (Å²) in [5.41, 5.74) is 1.41. The van der Waals surface area contributed by atoms with Crippen LogP contribution in [0.1, 0.15) is 87.8 Å². The molecule has 2 heterocycles. The summed E-state index contributed by atoms with van der Waals surface area (Å²) in [5, 5.41) is 0. The van der Waals surface area contributed by atoms with Crippen LogP contribution in [0.2, 0.25) is 0 Å². The average Bonchev–Trinajstić information content (AvgIpc) is 2.74. The van der Waals surface area contributed by atoms with Gasteiger partial charge in [0, 0.05) is 36.0 Å². The maximum atomic E-state index is 13.5. The van der Waals surface area contributed by atoms with Gasteiger partial charge in [0.2, 0.25) is 0 Å². The summed E-state index contributed by atoms with van der Waals surface area (Å²) in [5.74, 6) is 0.736. The molecule has 2 bridgehead atoms. The fraction of sp³-hybridized carbons (Fsp3) is 0.692. The minimum atomic E-state index is -0.582. The molecule has 7 heteroatoms. The number of methoxy groups -OCH3 is 1. The summed E-state index contributed by atoms with van der Waals surface area (Å²) >= 11 is 0. The first-order chi connectivity index (χ1) is 15.5. The lowest BCUT2D eigenvalue weighted by molar-refractivity contribution is -0.140. The van der Waals surface area contributed by atoms with Crippen LogP contribution in [-0.4, -0.2) is 47.0 Å². The second kappa shape index (κ2) is 8.73. The molecular weight excluding hydrogens is 420 g/mol. The molecule has 33 heavy (non-hydrogen) atoms. The van der Waals surface area contributed by atoms with Crippen molar-refractivity contribution < 1.29 is 23.9 Å². The molecule has 3 aliphatic rings. The number of hydrogen-bond acceptors (Lipinski definition) is 6. The second-order valence-electron chi connectivity index (χ2n) is 11.0. The van der Waals surface area contributed by atoms with Crippen molar-refractivity contribution in [2.75, 3.05) is 13.7 Å². The Kier molecular flexibility index (Phi) is 6.27. The monoisotopic (exact) mass is 456 g/mol. The van der Waals surface area contributed by atoms with Crippen molar-refractivity contribution >= 4 is 17.8 Å². The number of fused-ring (bicyclic) bond motifs is 1.